The van der Waals surface area contributed by atoms with Gasteiger partial charge in [-0.1, -0.05) is 42.5 Å². The summed E-state index contributed by atoms with van der Waals surface area (Å²) in [6.45, 7) is 2.67. The number of ether oxygens (including phenoxy) is 1. The Morgan fingerprint density at radius 2 is 1.92 bits per heavy atom. The van der Waals surface area contributed by atoms with Crippen LogP contribution >= 0.6 is 0 Å². The number of carbonyl (C=O) groups is 1. The highest BCUT2D eigenvalue weighted by Crippen LogP contribution is 2.28. The van der Waals surface area contributed by atoms with Crippen molar-refractivity contribution in [1.82, 2.24) is 5.32 Å². The second-order valence-electron chi connectivity index (χ2n) is 6.40. The number of nitrogens with two attached hydrogens (primary N) is 1. The van der Waals surface area contributed by atoms with E-state index < -0.39 is 6.04 Å². The topological polar surface area (TPSA) is 67.6 Å². The van der Waals surface area contributed by atoms with Crippen LogP contribution in [0.25, 0.3) is 0 Å². The lowest BCUT2D eigenvalue weighted by Gasteiger charge is -2.19. The normalized spacial score (nSPS) is 14.2. The summed E-state index contributed by atoms with van der Waals surface area (Å²) in [7, 11) is 1.53. The molecule has 25 heavy (non-hydrogen) atoms. The van der Waals surface area contributed by atoms with Crippen molar-refractivity contribution in [3.63, 3.8) is 0 Å². The van der Waals surface area contributed by atoms with E-state index in [-0.39, 0.29) is 12.5 Å². The molecule has 132 valence electrons. The van der Waals surface area contributed by atoms with Crippen LogP contribution in [0, 0.1) is 0 Å². The van der Waals surface area contributed by atoms with Crippen molar-refractivity contribution in [3.8, 4) is 0 Å². The van der Waals surface area contributed by atoms with Gasteiger partial charge in [0.15, 0.2) is 0 Å². The molecule has 0 bridgehead atoms. The van der Waals surface area contributed by atoms with Crippen molar-refractivity contribution >= 4 is 11.6 Å². The van der Waals surface area contributed by atoms with Gasteiger partial charge in [0.05, 0.1) is 6.61 Å². The van der Waals surface area contributed by atoms with E-state index in [4.69, 9.17) is 10.5 Å². The van der Waals surface area contributed by atoms with Gasteiger partial charge in [-0.3, -0.25) is 4.79 Å². The number of rotatable bonds is 7. The first-order chi connectivity index (χ1) is 12.2. The summed E-state index contributed by atoms with van der Waals surface area (Å²) in [5.41, 5.74) is 10.8. The third-order valence-corrected chi connectivity index (χ3v) is 4.53. The predicted molar refractivity (Wildman–Crippen MR) is 99.3 cm³/mol. The average molecular weight is 339 g/mol. The Morgan fingerprint density at radius 3 is 2.68 bits per heavy atom. The van der Waals surface area contributed by atoms with Gasteiger partial charge < -0.3 is 20.7 Å². The number of nitrogens with zero attached hydrogens (tertiary/aromatic N) is 1. The molecule has 1 heterocycles. The van der Waals surface area contributed by atoms with E-state index in [0.29, 0.717) is 6.54 Å². The zero-order valence-corrected chi connectivity index (χ0v) is 14.6. The van der Waals surface area contributed by atoms with Crippen molar-refractivity contribution in [3.05, 3.63) is 65.2 Å². The van der Waals surface area contributed by atoms with Crippen LogP contribution in [0.3, 0.4) is 0 Å². The van der Waals surface area contributed by atoms with Crippen LogP contribution in [0.5, 0.6) is 0 Å². The number of hydrogen-bond donors (Lipinski definition) is 2. The minimum Gasteiger partial charge on any atom is -0.383 e. The van der Waals surface area contributed by atoms with E-state index in [9.17, 15) is 4.79 Å². The summed E-state index contributed by atoms with van der Waals surface area (Å²) in [5.74, 6) is -0.195. The Bertz CT molecular complexity index is 715. The molecule has 2 aromatic rings. The molecule has 3 rings (SSSR count). The minimum atomic E-state index is -0.625. The number of fused-ring (bicyclic) bond motifs is 1. The number of methoxy groups -OCH3 is 1. The molecule has 0 aliphatic carbocycles. The third-order valence-electron chi connectivity index (χ3n) is 4.53. The molecule has 1 atom stereocenters. The molecule has 2 aromatic carbocycles. The molecule has 0 radical (unpaired) electrons. The molecule has 5 nitrogen and oxygen atoms in total. The largest absolute Gasteiger partial charge is 0.383 e. The molecule has 0 fully saturated rings. The summed E-state index contributed by atoms with van der Waals surface area (Å²) in [5, 5.41) is 2.83. The number of para-hydroxylation sites is 1. The molecule has 0 saturated heterocycles. The van der Waals surface area contributed by atoms with Crippen LogP contribution in [0.1, 0.15) is 16.7 Å². The molecule has 0 saturated carbocycles. The van der Waals surface area contributed by atoms with Crippen molar-refractivity contribution < 1.29 is 9.53 Å². The van der Waals surface area contributed by atoms with E-state index in [2.05, 4.69) is 58.7 Å². The van der Waals surface area contributed by atoms with Crippen molar-refractivity contribution in [2.45, 2.75) is 25.6 Å². The van der Waals surface area contributed by atoms with Gasteiger partial charge in [-0.25, -0.2) is 0 Å². The number of carbonyl (C=O) groups excluding carboxylic acids is 1. The van der Waals surface area contributed by atoms with Crippen LogP contribution in [-0.4, -0.2) is 32.2 Å². The first-order valence-corrected chi connectivity index (χ1v) is 8.60. The maximum absolute atomic E-state index is 11.8. The zero-order valence-electron chi connectivity index (χ0n) is 14.6. The molecule has 0 spiro atoms. The van der Waals surface area contributed by atoms with Gasteiger partial charge in [-0.05, 0) is 29.2 Å². The van der Waals surface area contributed by atoms with E-state index in [1.165, 1.54) is 23.9 Å². The van der Waals surface area contributed by atoms with Crippen molar-refractivity contribution in [1.29, 1.82) is 0 Å². The maximum Gasteiger partial charge on any atom is 0.239 e. The molecule has 1 amide bonds. The number of nitrogens with one attached hydrogen (secondary N) is 1. The summed E-state index contributed by atoms with van der Waals surface area (Å²) in [6, 6.07) is 16.3. The summed E-state index contributed by atoms with van der Waals surface area (Å²) in [4.78, 5) is 14.2. The van der Waals surface area contributed by atoms with Gasteiger partial charge in [0.2, 0.25) is 5.91 Å². The smallest absolute Gasteiger partial charge is 0.239 e. The summed E-state index contributed by atoms with van der Waals surface area (Å²) < 4.78 is 4.89. The van der Waals surface area contributed by atoms with Crippen molar-refractivity contribution in [2.24, 2.45) is 5.73 Å². The Kier molecular flexibility index (Phi) is 5.68. The lowest BCUT2D eigenvalue weighted by Crippen LogP contribution is -2.43. The quantitative estimate of drug-likeness (QED) is 0.808. The first-order valence-electron chi connectivity index (χ1n) is 8.60. The third kappa shape index (κ3) is 4.38. The van der Waals surface area contributed by atoms with Crippen LogP contribution < -0.4 is 16.0 Å². The number of amides is 1. The molecule has 3 N–H and O–H groups in total. The molecular weight excluding hydrogens is 314 g/mol. The molecule has 0 aromatic heterocycles. The average Bonchev–Trinajstić information content (AvgIpc) is 3.04. The van der Waals surface area contributed by atoms with E-state index >= 15 is 0 Å². The lowest BCUT2D eigenvalue weighted by atomic mass is 10.1. The highest BCUT2D eigenvalue weighted by Gasteiger charge is 2.18. The second-order valence-corrected chi connectivity index (χ2v) is 6.40. The fraction of sp³-hybridized carbons (Fsp3) is 0.350. The van der Waals surface area contributed by atoms with Gasteiger partial charge in [-0.2, -0.15) is 0 Å². The van der Waals surface area contributed by atoms with E-state index in [0.717, 1.165) is 25.1 Å². The van der Waals surface area contributed by atoms with Gasteiger partial charge >= 0.3 is 0 Å². The minimum absolute atomic E-state index is 0.195. The number of anilines is 1. The lowest BCUT2D eigenvalue weighted by molar-refractivity contribution is -0.123. The maximum atomic E-state index is 11.8. The number of hydrogen-bond acceptors (Lipinski definition) is 4. The Balaban J connectivity index is 1.54. The van der Waals surface area contributed by atoms with Gasteiger partial charge in [0.1, 0.15) is 6.04 Å². The van der Waals surface area contributed by atoms with Gasteiger partial charge in [0.25, 0.3) is 0 Å². The van der Waals surface area contributed by atoms with Gasteiger partial charge in [-0.15, -0.1) is 0 Å². The molecular formula is C20H25N3O2. The monoisotopic (exact) mass is 339 g/mol. The van der Waals surface area contributed by atoms with Crippen LogP contribution in [0.4, 0.5) is 5.69 Å². The Morgan fingerprint density at radius 1 is 1.20 bits per heavy atom. The standard InChI is InChI=1S/C20H25N3O2/c1-25-14-18(21)20(24)22-12-15-6-8-16(9-7-15)13-23-11-10-17-4-2-3-5-19(17)23/h2-9,18H,10-14,21H2,1H3,(H,22,24). The highest BCUT2D eigenvalue weighted by atomic mass is 16.5. The van der Waals surface area contributed by atoms with Crippen LogP contribution in [0.2, 0.25) is 0 Å². The van der Waals surface area contributed by atoms with Crippen LogP contribution in [0.15, 0.2) is 48.5 Å². The fourth-order valence-corrected chi connectivity index (χ4v) is 3.13. The fourth-order valence-electron chi connectivity index (χ4n) is 3.13. The molecule has 5 heteroatoms. The van der Waals surface area contributed by atoms with Crippen LogP contribution in [-0.2, 0) is 29.0 Å². The predicted octanol–water partition coefficient (Wildman–Crippen LogP) is 1.84. The van der Waals surface area contributed by atoms with Gasteiger partial charge in [0, 0.05) is 32.4 Å². The zero-order chi connectivity index (χ0) is 17.6. The summed E-state index contributed by atoms with van der Waals surface area (Å²) >= 11 is 0. The SMILES string of the molecule is COCC(N)C(=O)NCc1ccc(CN2CCc3ccccc32)cc1. The van der Waals surface area contributed by atoms with Crippen molar-refractivity contribution in [2.75, 3.05) is 25.2 Å². The number of benzene rings is 2. The highest BCUT2D eigenvalue weighted by molar-refractivity contribution is 5.81. The van der Waals surface area contributed by atoms with E-state index in [1.54, 1.807) is 0 Å². The second kappa shape index (κ2) is 8.14. The molecule has 1 aliphatic heterocycles. The Hall–Kier alpha value is -2.37. The molecule has 1 unspecified atom stereocenters. The van der Waals surface area contributed by atoms with E-state index in [1.807, 2.05) is 0 Å². The Labute approximate surface area is 148 Å². The first kappa shape index (κ1) is 17.5. The summed E-state index contributed by atoms with van der Waals surface area (Å²) in [6.07, 6.45) is 1.11. The molecule has 1 aliphatic rings.